The Morgan fingerprint density at radius 3 is 2.85 bits per heavy atom. The van der Waals surface area contributed by atoms with Crippen LogP contribution in [0.4, 0.5) is 5.69 Å². The van der Waals surface area contributed by atoms with Crippen molar-refractivity contribution in [2.75, 3.05) is 31.7 Å². The number of hydrogen-bond donors (Lipinski definition) is 0. The lowest BCUT2D eigenvalue weighted by Crippen LogP contribution is -2.48. The topological polar surface area (TPSA) is 76.2 Å². The second-order valence-electron chi connectivity index (χ2n) is 6.57. The van der Waals surface area contributed by atoms with E-state index in [4.69, 9.17) is 9.47 Å². The van der Waals surface area contributed by atoms with Gasteiger partial charge in [-0.2, -0.15) is 0 Å². The molecule has 0 radical (unpaired) electrons. The van der Waals surface area contributed by atoms with Gasteiger partial charge in [-0.3, -0.25) is 19.3 Å². The predicted molar refractivity (Wildman–Crippen MR) is 94.8 cm³/mol. The summed E-state index contributed by atoms with van der Waals surface area (Å²) in [5.41, 5.74) is 0.515. The number of rotatable bonds is 5. The molecule has 0 aliphatic carbocycles. The van der Waals surface area contributed by atoms with Crippen LogP contribution in [-0.2, 0) is 19.1 Å². The van der Waals surface area contributed by atoms with Crippen LogP contribution in [-0.4, -0.2) is 55.5 Å². The zero-order valence-corrected chi connectivity index (χ0v) is 15.1. The van der Waals surface area contributed by atoms with Crippen molar-refractivity contribution in [1.82, 2.24) is 4.90 Å². The Kier molecular flexibility index (Phi) is 5.56. The SMILES string of the molecule is CCOC(=O)[C@@H]1CCCN([C@@H]2CC(=O)N(c3cccc(OC)c3)C2=O)C1. The van der Waals surface area contributed by atoms with E-state index in [-0.39, 0.29) is 30.1 Å². The molecule has 2 aliphatic heterocycles. The molecule has 1 aromatic rings. The highest BCUT2D eigenvalue weighted by Gasteiger charge is 2.44. The highest BCUT2D eigenvalue weighted by molar-refractivity contribution is 6.22. The normalized spacial score (nSPS) is 24.0. The van der Waals surface area contributed by atoms with Gasteiger partial charge < -0.3 is 9.47 Å². The molecule has 7 nitrogen and oxygen atoms in total. The lowest BCUT2D eigenvalue weighted by molar-refractivity contribution is -0.150. The number of benzene rings is 1. The van der Waals surface area contributed by atoms with Gasteiger partial charge in [0.05, 0.1) is 37.8 Å². The average Bonchev–Trinajstić information content (AvgIpc) is 2.96. The van der Waals surface area contributed by atoms with Crippen LogP contribution in [0.2, 0.25) is 0 Å². The molecule has 2 saturated heterocycles. The minimum absolute atomic E-state index is 0.131. The Morgan fingerprint density at radius 2 is 2.12 bits per heavy atom. The third-order valence-electron chi connectivity index (χ3n) is 4.95. The van der Waals surface area contributed by atoms with Crippen LogP contribution in [0.15, 0.2) is 24.3 Å². The van der Waals surface area contributed by atoms with Gasteiger partial charge in [0.25, 0.3) is 5.91 Å². The molecule has 0 aromatic heterocycles. The fourth-order valence-corrected chi connectivity index (χ4v) is 3.66. The molecule has 0 unspecified atom stereocenters. The molecule has 1 aromatic carbocycles. The molecule has 2 fully saturated rings. The van der Waals surface area contributed by atoms with Crippen molar-refractivity contribution in [1.29, 1.82) is 0 Å². The number of anilines is 1. The first-order valence-corrected chi connectivity index (χ1v) is 8.96. The summed E-state index contributed by atoms with van der Waals surface area (Å²) in [6.07, 6.45) is 1.69. The molecule has 140 valence electrons. The van der Waals surface area contributed by atoms with Crippen LogP contribution in [0.3, 0.4) is 0 Å². The largest absolute Gasteiger partial charge is 0.497 e. The maximum Gasteiger partial charge on any atom is 0.310 e. The van der Waals surface area contributed by atoms with E-state index in [9.17, 15) is 14.4 Å². The maximum absolute atomic E-state index is 12.9. The minimum Gasteiger partial charge on any atom is -0.497 e. The van der Waals surface area contributed by atoms with Gasteiger partial charge in [0.2, 0.25) is 5.91 Å². The van der Waals surface area contributed by atoms with Crippen LogP contribution >= 0.6 is 0 Å². The molecule has 0 bridgehead atoms. The lowest BCUT2D eigenvalue weighted by Gasteiger charge is -2.34. The first-order valence-electron chi connectivity index (χ1n) is 8.96. The molecule has 3 rings (SSSR count). The van der Waals surface area contributed by atoms with Gasteiger partial charge >= 0.3 is 5.97 Å². The summed E-state index contributed by atoms with van der Waals surface area (Å²) in [6.45, 7) is 3.28. The number of nitrogens with zero attached hydrogens (tertiary/aromatic N) is 2. The van der Waals surface area contributed by atoms with Crippen LogP contribution in [0.25, 0.3) is 0 Å². The van der Waals surface area contributed by atoms with Gasteiger partial charge in [0, 0.05) is 12.6 Å². The van der Waals surface area contributed by atoms with Crippen molar-refractivity contribution in [3.05, 3.63) is 24.3 Å². The van der Waals surface area contributed by atoms with Gasteiger partial charge in [-0.15, -0.1) is 0 Å². The predicted octanol–water partition coefficient (Wildman–Crippen LogP) is 1.60. The highest BCUT2D eigenvalue weighted by Crippen LogP contribution is 2.30. The Bertz CT molecular complexity index is 705. The fourth-order valence-electron chi connectivity index (χ4n) is 3.66. The van der Waals surface area contributed by atoms with Gasteiger partial charge in [-0.05, 0) is 38.4 Å². The number of amides is 2. The number of carbonyl (C=O) groups is 3. The van der Waals surface area contributed by atoms with Gasteiger partial charge in [-0.25, -0.2) is 4.90 Å². The quantitative estimate of drug-likeness (QED) is 0.586. The van der Waals surface area contributed by atoms with E-state index in [1.54, 1.807) is 38.3 Å². The van der Waals surface area contributed by atoms with E-state index in [0.717, 1.165) is 12.8 Å². The smallest absolute Gasteiger partial charge is 0.310 e. The summed E-state index contributed by atoms with van der Waals surface area (Å²) in [7, 11) is 1.54. The van der Waals surface area contributed by atoms with Crippen molar-refractivity contribution in [2.24, 2.45) is 5.92 Å². The lowest BCUT2D eigenvalue weighted by atomic mass is 9.96. The van der Waals surface area contributed by atoms with E-state index in [1.165, 1.54) is 4.90 Å². The van der Waals surface area contributed by atoms with E-state index in [1.807, 2.05) is 4.90 Å². The second kappa shape index (κ2) is 7.86. The van der Waals surface area contributed by atoms with E-state index >= 15 is 0 Å². The molecule has 0 spiro atoms. The van der Waals surface area contributed by atoms with Crippen molar-refractivity contribution in [2.45, 2.75) is 32.2 Å². The first kappa shape index (κ1) is 18.4. The molecular weight excluding hydrogens is 336 g/mol. The van der Waals surface area contributed by atoms with Crippen molar-refractivity contribution >= 4 is 23.5 Å². The van der Waals surface area contributed by atoms with Crippen LogP contribution in [0.1, 0.15) is 26.2 Å². The molecular formula is C19H24N2O5. The number of carbonyl (C=O) groups excluding carboxylic acids is 3. The van der Waals surface area contributed by atoms with Crippen LogP contribution < -0.4 is 9.64 Å². The number of likely N-dealkylation sites (tertiary alicyclic amines) is 1. The Balaban J connectivity index is 1.74. The van der Waals surface area contributed by atoms with E-state index < -0.39 is 6.04 Å². The monoisotopic (exact) mass is 360 g/mol. The van der Waals surface area contributed by atoms with Gasteiger partial charge in [-0.1, -0.05) is 6.07 Å². The minimum atomic E-state index is -0.522. The molecule has 26 heavy (non-hydrogen) atoms. The number of methoxy groups -OCH3 is 1. The molecule has 0 saturated carbocycles. The average molecular weight is 360 g/mol. The molecule has 2 aliphatic rings. The zero-order chi connectivity index (χ0) is 18.7. The Labute approximate surface area is 152 Å². The third kappa shape index (κ3) is 3.58. The molecule has 2 atom stereocenters. The van der Waals surface area contributed by atoms with Gasteiger partial charge in [0.15, 0.2) is 0 Å². The van der Waals surface area contributed by atoms with Crippen LogP contribution in [0.5, 0.6) is 5.75 Å². The van der Waals surface area contributed by atoms with Crippen molar-refractivity contribution < 1.29 is 23.9 Å². The summed E-state index contributed by atoms with van der Waals surface area (Å²) >= 11 is 0. The summed E-state index contributed by atoms with van der Waals surface area (Å²) in [5.74, 6) is -0.345. The molecule has 2 heterocycles. The van der Waals surface area contributed by atoms with Crippen molar-refractivity contribution in [3.8, 4) is 5.75 Å². The van der Waals surface area contributed by atoms with E-state index in [2.05, 4.69) is 0 Å². The summed E-state index contributed by atoms with van der Waals surface area (Å²) in [5, 5.41) is 0. The summed E-state index contributed by atoms with van der Waals surface area (Å²) in [6, 6.07) is 6.39. The second-order valence-corrected chi connectivity index (χ2v) is 6.57. The summed E-state index contributed by atoms with van der Waals surface area (Å²) < 4.78 is 10.3. The highest BCUT2D eigenvalue weighted by atomic mass is 16.5. The maximum atomic E-state index is 12.9. The Hall–Kier alpha value is -2.41. The van der Waals surface area contributed by atoms with E-state index in [0.29, 0.717) is 31.1 Å². The number of esters is 1. The first-order chi connectivity index (χ1) is 12.5. The standard InChI is InChI=1S/C19H24N2O5/c1-3-26-19(24)13-6-5-9-20(12-13)16-11-17(22)21(18(16)23)14-7-4-8-15(10-14)25-2/h4,7-8,10,13,16H,3,5-6,9,11-12H2,1-2H3/t13-,16-/m1/s1. The fraction of sp³-hybridized carbons (Fsp3) is 0.526. The molecule has 0 N–H and O–H groups in total. The number of ether oxygens (including phenoxy) is 2. The number of imide groups is 1. The zero-order valence-electron chi connectivity index (χ0n) is 15.1. The summed E-state index contributed by atoms with van der Waals surface area (Å²) in [4.78, 5) is 40.6. The number of piperidine rings is 1. The Morgan fingerprint density at radius 1 is 1.31 bits per heavy atom. The molecule has 7 heteroatoms. The number of hydrogen-bond acceptors (Lipinski definition) is 6. The third-order valence-corrected chi connectivity index (χ3v) is 4.95. The van der Waals surface area contributed by atoms with Crippen molar-refractivity contribution in [3.63, 3.8) is 0 Å². The van der Waals surface area contributed by atoms with Gasteiger partial charge in [0.1, 0.15) is 5.75 Å². The molecule has 2 amide bonds. The van der Waals surface area contributed by atoms with Crippen LogP contribution in [0, 0.1) is 5.92 Å².